The number of aryl methyl sites for hydroxylation is 1. The van der Waals surface area contributed by atoms with Crippen molar-refractivity contribution >= 4 is 31.3 Å². The van der Waals surface area contributed by atoms with Crippen molar-refractivity contribution in [2.75, 3.05) is 6.26 Å². The molecule has 0 aliphatic rings. The molecule has 0 aliphatic heterocycles. The van der Waals surface area contributed by atoms with E-state index < -0.39 is 42.7 Å². The Hall–Kier alpha value is -2.67. The quantitative estimate of drug-likeness (QED) is 0.344. The summed E-state index contributed by atoms with van der Waals surface area (Å²) < 4.78 is 90.6. The van der Waals surface area contributed by atoms with E-state index in [1.165, 1.54) is 19.1 Å². The lowest BCUT2D eigenvalue weighted by Crippen LogP contribution is -2.29. The van der Waals surface area contributed by atoms with E-state index in [9.17, 15) is 34.8 Å². The Bertz CT molecular complexity index is 1330. The zero-order valence-electron chi connectivity index (χ0n) is 18.0. The van der Waals surface area contributed by atoms with Gasteiger partial charge in [-0.2, -0.15) is 26.7 Å². The van der Waals surface area contributed by atoms with Crippen LogP contribution in [-0.2, 0) is 27.0 Å². The topological polar surface area (TPSA) is 112 Å². The van der Waals surface area contributed by atoms with E-state index in [0.29, 0.717) is 10.3 Å². The molecular formula is C19H21F3N2O6S2. The first kappa shape index (κ1) is 25.6. The van der Waals surface area contributed by atoms with Gasteiger partial charge in [0.1, 0.15) is 5.56 Å². The minimum absolute atomic E-state index is 0.0208. The maximum atomic E-state index is 13.2. The zero-order valence-corrected chi connectivity index (χ0v) is 19.7. The number of rotatable bonds is 6. The van der Waals surface area contributed by atoms with Crippen molar-refractivity contribution in [3.8, 4) is 5.88 Å². The van der Waals surface area contributed by atoms with Gasteiger partial charge in [-0.3, -0.25) is 4.79 Å². The van der Waals surface area contributed by atoms with Gasteiger partial charge in [0.05, 0.1) is 11.1 Å². The molecule has 0 fully saturated rings. The van der Waals surface area contributed by atoms with Crippen LogP contribution in [0.5, 0.6) is 5.88 Å². The number of allylic oxidation sites excluding steroid dienone is 2. The number of nitrogens with zero attached hydrogens (tertiary/aromatic N) is 2. The molecule has 176 valence electrons. The van der Waals surface area contributed by atoms with Crippen LogP contribution in [0.3, 0.4) is 0 Å². The number of carbonyl (C=O) groups is 1. The summed E-state index contributed by atoms with van der Waals surface area (Å²) in [6.45, 7) is 6.68. The highest BCUT2D eigenvalue weighted by atomic mass is 32.2. The number of aromatic nitrogens is 2. The summed E-state index contributed by atoms with van der Waals surface area (Å²) in [6.07, 6.45) is 1.89. The van der Waals surface area contributed by atoms with Gasteiger partial charge in [-0.15, -0.1) is 0 Å². The second-order valence-electron chi connectivity index (χ2n) is 7.31. The van der Waals surface area contributed by atoms with Crippen molar-refractivity contribution in [3.63, 3.8) is 0 Å². The fourth-order valence-electron chi connectivity index (χ4n) is 2.93. The van der Waals surface area contributed by atoms with Gasteiger partial charge in [0.15, 0.2) is 15.6 Å². The van der Waals surface area contributed by atoms with Crippen LogP contribution in [-0.4, -0.2) is 44.2 Å². The smallest absolute Gasteiger partial charge is 0.355 e. The average molecular weight is 495 g/mol. The number of carbonyl (C=O) groups excluding carboxylic acids is 1. The molecule has 2 aromatic rings. The number of benzene rings is 1. The van der Waals surface area contributed by atoms with Gasteiger partial charge >= 0.3 is 15.6 Å². The van der Waals surface area contributed by atoms with Crippen molar-refractivity contribution < 1.29 is 39.0 Å². The van der Waals surface area contributed by atoms with Crippen molar-refractivity contribution in [2.24, 2.45) is 7.05 Å². The first-order valence-electron chi connectivity index (χ1n) is 8.95. The molecule has 0 N–H and O–H groups in total. The summed E-state index contributed by atoms with van der Waals surface area (Å²) in [6, 6.07) is 2.44. The molecule has 2 rings (SSSR count). The predicted octanol–water partition coefficient (Wildman–Crippen LogP) is 3.40. The molecule has 1 aromatic heterocycles. The second kappa shape index (κ2) is 8.35. The highest BCUT2D eigenvalue weighted by molar-refractivity contribution is 7.90. The Labute approximate surface area is 183 Å². The maximum absolute atomic E-state index is 13.2. The SMILES string of the molecule is CC(C)=C(C)c1c(S(C)(=O)=O)ccc(C(=O)c2cnn(C)c2OS(=O)(=O)C(F)(F)F)c1C. The molecule has 8 nitrogen and oxygen atoms in total. The first-order valence-corrected chi connectivity index (χ1v) is 12.3. The van der Waals surface area contributed by atoms with Crippen molar-refractivity contribution in [1.82, 2.24) is 9.78 Å². The molecule has 0 bridgehead atoms. The van der Waals surface area contributed by atoms with Gasteiger partial charge in [0.25, 0.3) is 0 Å². The fraction of sp³-hybridized carbons (Fsp3) is 0.368. The molecule has 0 atom stereocenters. The normalized spacial score (nSPS) is 12.5. The zero-order chi connectivity index (χ0) is 24.8. The molecule has 32 heavy (non-hydrogen) atoms. The third-order valence-electron chi connectivity index (χ3n) is 4.80. The van der Waals surface area contributed by atoms with E-state index in [1.807, 2.05) is 0 Å². The Morgan fingerprint density at radius 2 is 1.62 bits per heavy atom. The van der Waals surface area contributed by atoms with Crippen LogP contribution in [0.1, 0.15) is 47.8 Å². The molecule has 0 saturated carbocycles. The Morgan fingerprint density at radius 1 is 1.06 bits per heavy atom. The molecule has 0 amide bonds. The largest absolute Gasteiger partial charge is 0.534 e. The molecule has 0 radical (unpaired) electrons. The molecule has 1 aromatic carbocycles. The van der Waals surface area contributed by atoms with Gasteiger partial charge in [-0.05, 0) is 56.5 Å². The number of halogens is 3. The van der Waals surface area contributed by atoms with Crippen LogP contribution in [0.4, 0.5) is 13.2 Å². The highest BCUT2D eigenvalue weighted by Gasteiger charge is 2.49. The standard InChI is InChI=1S/C19H21F3N2O6S2/c1-10(2)11(3)16-12(4)13(7-8-15(16)31(6,26)27)17(25)14-9-23-24(5)18(14)30-32(28,29)19(20,21)22/h7-9H,1-6H3. The second-order valence-corrected chi connectivity index (χ2v) is 10.8. The third-order valence-corrected chi connectivity index (χ3v) is 6.88. The number of ketones is 1. The van der Waals surface area contributed by atoms with Crippen LogP contribution in [0.15, 0.2) is 28.8 Å². The Balaban J connectivity index is 2.74. The summed E-state index contributed by atoms with van der Waals surface area (Å²) in [5, 5.41) is 3.64. The molecule has 0 saturated heterocycles. The lowest BCUT2D eigenvalue weighted by Gasteiger charge is -2.17. The van der Waals surface area contributed by atoms with Crippen LogP contribution in [0.2, 0.25) is 0 Å². The van der Waals surface area contributed by atoms with Gasteiger partial charge in [-0.25, -0.2) is 13.1 Å². The number of alkyl halides is 3. The predicted molar refractivity (Wildman–Crippen MR) is 110 cm³/mol. The van der Waals surface area contributed by atoms with E-state index in [1.54, 1.807) is 20.8 Å². The summed E-state index contributed by atoms with van der Waals surface area (Å²) in [7, 11) is -8.62. The van der Waals surface area contributed by atoms with E-state index >= 15 is 0 Å². The summed E-state index contributed by atoms with van der Waals surface area (Å²) in [5.41, 5.74) is -4.37. The van der Waals surface area contributed by atoms with Crippen LogP contribution in [0, 0.1) is 6.92 Å². The minimum atomic E-state index is -6.05. The average Bonchev–Trinajstić information content (AvgIpc) is 2.98. The van der Waals surface area contributed by atoms with E-state index in [4.69, 9.17) is 0 Å². The highest BCUT2D eigenvalue weighted by Crippen LogP contribution is 2.34. The Kier molecular flexibility index (Phi) is 6.68. The fourth-order valence-corrected chi connectivity index (χ4v) is 4.43. The summed E-state index contributed by atoms with van der Waals surface area (Å²) in [5.74, 6) is -1.80. The van der Waals surface area contributed by atoms with Crippen LogP contribution < -0.4 is 4.18 Å². The van der Waals surface area contributed by atoms with E-state index in [-0.39, 0.29) is 21.6 Å². The van der Waals surface area contributed by atoms with Gasteiger partial charge in [0.2, 0.25) is 5.88 Å². The molecule has 1 heterocycles. The number of sulfone groups is 1. The van der Waals surface area contributed by atoms with Gasteiger partial charge in [-0.1, -0.05) is 5.57 Å². The number of hydrogen-bond acceptors (Lipinski definition) is 7. The molecule has 0 unspecified atom stereocenters. The van der Waals surface area contributed by atoms with E-state index in [2.05, 4.69) is 9.28 Å². The molecule has 0 spiro atoms. The van der Waals surface area contributed by atoms with Gasteiger partial charge < -0.3 is 4.18 Å². The monoisotopic (exact) mass is 494 g/mol. The molecule has 13 heteroatoms. The van der Waals surface area contributed by atoms with Crippen molar-refractivity contribution in [2.45, 2.75) is 38.1 Å². The third kappa shape index (κ3) is 4.72. The van der Waals surface area contributed by atoms with Crippen molar-refractivity contribution in [3.05, 3.63) is 46.2 Å². The maximum Gasteiger partial charge on any atom is 0.534 e. The Morgan fingerprint density at radius 3 is 2.09 bits per heavy atom. The van der Waals surface area contributed by atoms with Gasteiger partial charge in [0, 0.05) is 18.9 Å². The number of hydrogen-bond donors (Lipinski definition) is 0. The van der Waals surface area contributed by atoms with Crippen LogP contribution >= 0.6 is 0 Å². The lowest BCUT2D eigenvalue weighted by atomic mass is 9.91. The van der Waals surface area contributed by atoms with Crippen molar-refractivity contribution in [1.29, 1.82) is 0 Å². The summed E-state index contributed by atoms with van der Waals surface area (Å²) >= 11 is 0. The van der Waals surface area contributed by atoms with Crippen LogP contribution in [0.25, 0.3) is 5.57 Å². The molecular weight excluding hydrogens is 473 g/mol. The lowest BCUT2D eigenvalue weighted by molar-refractivity contribution is -0.0502. The summed E-state index contributed by atoms with van der Waals surface area (Å²) in [4.78, 5) is 13.1. The minimum Gasteiger partial charge on any atom is -0.355 e. The van der Waals surface area contributed by atoms with E-state index in [0.717, 1.165) is 25.1 Å². The molecule has 0 aliphatic carbocycles. The first-order chi connectivity index (χ1) is 14.4.